The summed E-state index contributed by atoms with van der Waals surface area (Å²) in [5.74, 6) is 0.727. The maximum absolute atomic E-state index is 13.0. The maximum Gasteiger partial charge on any atom is 0.258 e. The van der Waals surface area contributed by atoms with Gasteiger partial charge in [-0.1, -0.05) is 12.1 Å². The summed E-state index contributed by atoms with van der Waals surface area (Å²) in [6.45, 7) is 2.15. The summed E-state index contributed by atoms with van der Waals surface area (Å²) in [4.78, 5) is 16.0. The maximum atomic E-state index is 13.0. The Morgan fingerprint density at radius 1 is 0.963 bits per heavy atom. The van der Waals surface area contributed by atoms with Gasteiger partial charge in [-0.15, -0.1) is 11.8 Å². The van der Waals surface area contributed by atoms with Gasteiger partial charge >= 0.3 is 0 Å². The third kappa shape index (κ3) is 3.62. The van der Waals surface area contributed by atoms with Gasteiger partial charge in [0.15, 0.2) is 0 Å². The molecule has 2 aromatic carbocycles. The van der Waals surface area contributed by atoms with Crippen LogP contribution in [-0.4, -0.2) is 57.2 Å². The Bertz CT molecular complexity index is 938. The number of para-hydroxylation sites is 1. The molecule has 2 heterocycles. The molecule has 1 saturated heterocycles. The number of fused-ring (bicyclic) bond motifs is 1. The molecule has 1 fully saturated rings. The number of morpholine rings is 1. The molecule has 0 N–H and O–H groups in total. The second-order valence-electron chi connectivity index (χ2n) is 6.31. The molecule has 2 aromatic rings. The lowest BCUT2D eigenvalue weighted by Gasteiger charge is -2.29. The fourth-order valence-electron chi connectivity index (χ4n) is 3.24. The van der Waals surface area contributed by atoms with Crippen LogP contribution < -0.4 is 4.90 Å². The van der Waals surface area contributed by atoms with Gasteiger partial charge in [0.1, 0.15) is 0 Å². The zero-order chi connectivity index (χ0) is 18.9. The lowest BCUT2D eigenvalue weighted by Crippen LogP contribution is -2.40. The summed E-state index contributed by atoms with van der Waals surface area (Å²) >= 11 is 1.74. The smallest absolute Gasteiger partial charge is 0.258 e. The van der Waals surface area contributed by atoms with Crippen LogP contribution in [0.4, 0.5) is 5.69 Å². The molecular weight excluding hydrogens is 384 g/mol. The van der Waals surface area contributed by atoms with Crippen molar-refractivity contribution in [3.63, 3.8) is 0 Å². The summed E-state index contributed by atoms with van der Waals surface area (Å²) in [5, 5.41) is 0. The van der Waals surface area contributed by atoms with Crippen LogP contribution in [0, 0.1) is 0 Å². The van der Waals surface area contributed by atoms with Crippen LogP contribution in [0.5, 0.6) is 0 Å². The minimum absolute atomic E-state index is 0.113. The third-order valence-electron chi connectivity index (χ3n) is 4.68. The summed E-state index contributed by atoms with van der Waals surface area (Å²) in [7, 11) is -3.55. The zero-order valence-corrected chi connectivity index (χ0v) is 16.3. The Balaban J connectivity index is 1.57. The van der Waals surface area contributed by atoms with Gasteiger partial charge in [0.05, 0.1) is 23.8 Å². The van der Waals surface area contributed by atoms with E-state index in [4.69, 9.17) is 4.74 Å². The predicted octanol–water partition coefficient (Wildman–Crippen LogP) is 2.46. The number of carbonyl (C=O) groups excluding carboxylic acids is 1. The number of rotatable bonds is 3. The summed E-state index contributed by atoms with van der Waals surface area (Å²) < 4.78 is 32.1. The standard InChI is InChI=1S/C19H20N2O4S2/c22-19(21-11-14-26-18-4-2-1-3-17(18)21)15-5-7-16(8-6-15)27(23,24)20-9-12-25-13-10-20/h1-8H,9-14H2. The molecule has 0 radical (unpaired) electrons. The molecule has 0 spiro atoms. The monoisotopic (exact) mass is 404 g/mol. The largest absolute Gasteiger partial charge is 0.379 e. The molecule has 8 heteroatoms. The lowest BCUT2D eigenvalue weighted by molar-refractivity contribution is 0.0730. The highest BCUT2D eigenvalue weighted by atomic mass is 32.2. The fourth-order valence-corrected chi connectivity index (χ4v) is 5.64. The van der Waals surface area contributed by atoms with Gasteiger partial charge in [-0.3, -0.25) is 4.79 Å². The molecule has 4 rings (SSSR count). The average Bonchev–Trinajstić information content (AvgIpc) is 2.73. The van der Waals surface area contributed by atoms with Gasteiger partial charge in [-0.2, -0.15) is 4.31 Å². The van der Waals surface area contributed by atoms with Crippen LogP contribution in [0.3, 0.4) is 0 Å². The fraction of sp³-hybridized carbons (Fsp3) is 0.316. The SMILES string of the molecule is O=C(c1ccc(S(=O)(=O)N2CCOCC2)cc1)N1CCSc2ccccc21. The van der Waals surface area contributed by atoms with E-state index in [1.165, 1.54) is 16.4 Å². The van der Waals surface area contributed by atoms with Crippen LogP contribution in [0.1, 0.15) is 10.4 Å². The number of hydrogen-bond acceptors (Lipinski definition) is 5. The Morgan fingerprint density at radius 3 is 2.41 bits per heavy atom. The first-order valence-electron chi connectivity index (χ1n) is 8.79. The lowest BCUT2D eigenvalue weighted by atomic mass is 10.1. The van der Waals surface area contributed by atoms with Gasteiger partial charge in [-0.25, -0.2) is 8.42 Å². The van der Waals surface area contributed by atoms with Gasteiger partial charge in [0, 0.05) is 35.8 Å². The van der Waals surface area contributed by atoms with Crippen molar-refractivity contribution in [2.24, 2.45) is 0 Å². The second-order valence-corrected chi connectivity index (χ2v) is 9.39. The Labute approximate surface area is 163 Å². The van der Waals surface area contributed by atoms with E-state index in [9.17, 15) is 13.2 Å². The molecule has 0 atom stereocenters. The van der Waals surface area contributed by atoms with E-state index < -0.39 is 10.0 Å². The average molecular weight is 405 g/mol. The summed E-state index contributed by atoms with van der Waals surface area (Å²) in [6.07, 6.45) is 0. The predicted molar refractivity (Wildman–Crippen MR) is 105 cm³/mol. The number of benzene rings is 2. The van der Waals surface area contributed by atoms with Crippen molar-refractivity contribution in [3.8, 4) is 0 Å². The van der Waals surface area contributed by atoms with E-state index in [2.05, 4.69) is 0 Å². The van der Waals surface area contributed by atoms with E-state index in [0.717, 1.165) is 16.3 Å². The second kappa shape index (κ2) is 7.63. The molecule has 0 aliphatic carbocycles. The first-order valence-corrected chi connectivity index (χ1v) is 11.2. The van der Waals surface area contributed by atoms with Gasteiger partial charge in [-0.05, 0) is 36.4 Å². The highest BCUT2D eigenvalue weighted by Gasteiger charge is 2.27. The number of hydrogen-bond donors (Lipinski definition) is 0. The van der Waals surface area contributed by atoms with E-state index in [1.54, 1.807) is 28.8 Å². The quantitative estimate of drug-likeness (QED) is 0.786. The van der Waals surface area contributed by atoms with Crippen LogP contribution in [0.15, 0.2) is 58.3 Å². The molecular formula is C19H20N2O4S2. The number of amides is 1. The normalized spacial score (nSPS) is 18.1. The first-order chi connectivity index (χ1) is 13.1. The number of carbonyl (C=O) groups is 1. The molecule has 0 saturated carbocycles. The van der Waals surface area contributed by atoms with Crippen molar-refractivity contribution in [1.82, 2.24) is 4.31 Å². The number of ether oxygens (including phenoxy) is 1. The molecule has 27 heavy (non-hydrogen) atoms. The Kier molecular flexibility index (Phi) is 5.23. The number of nitrogens with zero attached hydrogens (tertiary/aromatic N) is 2. The first kappa shape index (κ1) is 18.5. The van der Waals surface area contributed by atoms with Crippen LogP contribution >= 0.6 is 11.8 Å². The van der Waals surface area contributed by atoms with Gasteiger partial charge in [0.25, 0.3) is 5.91 Å². The topological polar surface area (TPSA) is 66.9 Å². The van der Waals surface area contributed by atoms with Gasteiger partial charge < -0.3 is 9.64 Å². The van der Waals surface area contributed by atoms with Gasteiger partial charge in [0.2, 0.25) is 10.0 Å². The molecule has 2 aliphatic heterocycles. The van der Waals surface area contributed by atoms with E-state index in [0.29, 0.717) is 38.4 Å². The van der Waals surface area contributed by atoms with Crippen molar-refractivity contribution in [3.05, 3.63) is 54.1 Å². The third-order valence-corrected chi connectivity index (χ3v) is 7.64. The van der Waals surface area contributed by atoms with E-state index in [-0.39, 0.29) is 10.8 Å². The number of thioether (sulfide) groups is 1. The van der Waals surface area contributed by atoms with Crippen LogP contribution in [-0.2, 0) is 14.8 Å². The molecule has 1 amide bonds. The van der Waals surface area contributed by atoms with E-state index in [1.807, 2.05) is 24.3 Å². The molecule has 142 valence electrons. The van der Waals surface area contributed by atoms with Crippen LogP contribution in [0.2, 0.25) is 0 Å². The molecule has 0 bridgehead atoms. The number of anilines is 1. The van der Waals surface area contributed by atoms with Crippen molar-refractivity contribution < 1.29 is 17.9 Å². The van der Waals surface area contributed by atoms with E-state index >= 15 is 0 Å². The van der Waals surface area contributed by atoms with Crippen molar-refractivity contribution in [1.29, 1.82) is 0 Å². The molecule has 6 nitrogen and oxygen atoms in total. The van der Waals surface area contributed by atoms with Crippen LogP contribution in [0.25, 0.3) is 0 Å². The molecule has 2 aliphatic rings. The molecule has 0 unspecified atom stereocenters. The zero-order valence-electron chi connectivity index (χ0n) is 14.7. The minimum Gasteiger partial charge on any atom is -0.379 e. The van der Waals surface area contributed by atoms with Crippen molar-refractivity contribution in [2.75, 3.05) is 43.5 Å². The highest BCUT2D eigenvalue weighted by molar-refractivity contribution is 7.99. The minimum atomic E-state index is -3.55. The summed E-state index contributed by atoms with van der Waals surface area (Å²) in [5.41, 5.74) is 1.39. The van der Waals surface area contributed by atoms with Crippen molar-refractivity contribution >= 4 is 33.4 Å². The molecule has 0 aromatic heterocycles. The Hall–Kier alpha value is -1.87. The van der Waals surface area contributed by atoms with Crippen molar-refractivity contribution in [2.45, 2.75) is 9.79 Å². The summed E-state index contributed by atoms with van der Waals surface area (Å²) in [6, 6.07) is 14.1. The Morgan fingerprint density at radius 2 is 1.67 bits per heavy atom. The number of sulfonamides is 1. The highest BCUT2D eigenvalue weighted by Crippen LogP contribution is 2.35.